The Morgan fingerprint density at radius 1 is 1.20 bits per heavy atom. The van der Waals surface area contributed by atoms with Crippen LogP contribution in [0.25, 0.3) is 0 Å². The first-order chi connectivity index (χ1) is 11.6. The zero-order valence-electron chi connectivity index (χ0n) is 15.1. The van der Waals surface area contributed by atoms with Crippen molar-refractivity contribution in [2.24, 2.45) is 0 Å². The highest BCUT2D eigenvalue weighted by molar-refractivity contribution is 5.79. The predicted molar refractivity (Wildman–Crippen MR) is 93.2 cm³/mol. The summed E-state index contributed by atoms with van der Waals surface area (Å²) < 4.78 is 5.07. The largest absolute Gasteiger partial charge is 0.478 e. The topological polar surface area (TPSA) is 95.9 Å². The number of carboxylic acids is 1. The van der Waals surface area contributed by atoms with Crippen LogP contribution in [0.4, 0.5) is 4.79 Å². The second kappa shape index (κ2) is 9.05. The van der Waals surface area contributed by atoms with E-state index < -0.39 is 18.2 Å². The van der Waals surface area contributed by atoms with Gasteiger partial charge in [0.05, 0.1) is 0 Å². The number of carboxylic acid groups (broad SMARTS) is 1. The van der Waals surface area contributed by atoms with Gasteiger partial charge in [0.25, 0.3) is 0 Å². The van der Waals surface area contributed by atoms with Gasteiger partial charge < -0.3 is 20.1 Å². The van der Waals surface area contributed by atoms with Gasteiger partial charge >= 0.3 is 12.1 Å². The number of aliphatic carboxylic acids is 1. The van der Waals surface area contributed by atoms with Crippen molar-refractivity contribution in [3.05, 3.63) is 35.9 Å². The Morgan fingerprint density at radius 3 is 2.32 bits per heavy atom. The molecular weight excluding hydrogens is 324 g/mol. The highest BCUT2D eigenvalue weighted by atomic mass is 16.6. The molecule has 138 valence electrons. The van der Waals surface area contributed by atoms with Crippen LogP contribution in [-0.2, 0) is 20.7 Å². The zero-order valence-corrected chi connectivity index (χ0v) is 15.1. The number of hydrogen-bond acceptors (Lipinski definition) is 4. The number of ether oxygens (including phenoxy) is 1. The first-order valence-electron chi connectivity index (χ1n) is 8.08. The molecule has 0 saturated carbocycles. The Labute approximate surface area is 148 Å². The van der Waals surface area contributed by atoms with Crippen molar-refractivity contribution in [3.8, 4) is 0 Å². The minimum absolute atomic E-state index is 0.0836. The minimum Gasteiger partial charge on any atom is -0.478 e. The zero-order chi connectivity index (χ0) is 19.0. The van der Waals surface area contributed by atoms with E-state index in [1.807, 2.05) is 26.8 Å². The molecule has 1 atom stereocenters. The molecule has 1 rings (SSSR count). The third kappa shape index (κ3) is 8.19. The van der Waals surface area contributed by atoms with Gasteiger partial charge in [0.2, 0.25) is 12.0 Å². The summed E-state index contributed by atoms with van der Waals surface area (Å²) in [5.41, 5.74) is 0.412. The van der Waals surface area contributed by atoms with Gasteiger partial charge in [-0.05, 0) is 26.3 Å². The summed E-state index contributed by atoms with van der Waals surface area (Å²) in [6.07, 6.45) is -1.85. The third-order valence-corrected chi connectivity index (χ3v) is 3.28. The molecule has 0 fully saturated rings. The highest BCUT2D eigenvalue weighted by Gasteiger charge is 2.25. The molecule has 1 aromatic rings. The van der Waals surface area contributed by atoms with E-state index in [1.54, 1.807) is 24.3 Å². The second-order valence-electron chi connectivity index (χ2n) is 6.87. The molecule has 0 saturated heterocycles. The van der Waals surface area contributed by atoms with Crippen LogP contribution in [0.1, 0.15) is 32.8 Å². The SMILES string of the molecule is CN(CCC(=O)NC(C)(C)C)C(=O)OC(Cc1ccccc1)C(=O)O. The fraction of sp³-hybridized carbons (Fsp3) is 0.500. The fourth-order valence-electron chi connectivity index (χ4n) is 2.06. The summed E-state index contributed by atoms with van der Waals surface area (Å²) >= 11 is 0. The normalized spacial score (nSPS) is 12.2. The van der Waals surface area contributed by atoms with Gasteiger partial charge in [0, 0.05) is 32.0 Å². The Hall–Kier alpha value is -2.57. The van der Waals surface area contributed by atoms with Gasteiger partial charge in [-0.3, -0.25) is 4.79 Å². The van der Waals surface area contributed by atoms with Crippen LogP contribution in [0.3, 0.4) is 0 Å². The number of nitrogens with zero attached hydrogens (tertiary/aromatic N) is 1. The Morgan fingerprint density at radius 2 is 1.80 bits per heavy atom. The van der Waals surface area contributed by atoms with Crippen LogP contribution in [0.2, 0.25) is 0 Å². The van der Waals surface area contributed by atoms with Crippen molar-refractivity contribution in [2.45, 2.75) is 45.3 Å². The molecule has 0 aromatic heterocycles. The van der Waals surface area contributed by atoms with Gasteiger partial charge in [-0.15, -0.1) is 0 Å². The van der Waals surface area contributed by atoms with Gasteiger partial charge in [0.15, 0.2) is 0 Å². The van der Waals surface area contributed by atoms with Crippen LogP contribution in [0.15, 0.2) is 30.3 Å². The molecule has 0 aliphatic heterocycles. The van der Waals surface area contributed by atoms with Gasteiger partial charge in [-0.25, -0.2) is 9.59 Å². The first-order valence-corrected chi connectivity index (χ1v) is 8.08. The Balaban J connectivity index is 2.53. The third-order valence-electron chi connectivity index (χ3n) is 3.28. The van der Waals surface area contributed by atoms with E-state index in [2.05, 4.69) is 5.32 Å². The molecule has 7 heteroatoms. The van der Waals surface area contributed by atoms with Crippen LogP contribution < -0.4 is 5.32 Å². The second-order valence-corrected chi connectivity index (χ2v) is 6.87. The summed E-state index contributed by atoms with van der Waals surface area (Å²) in [5, 5.41) is 12.0. The summed E-state index contributed by atoms with van der Waals surface area (Å²) in [4.78, 5) is 36.4. The molecule has 0 heterocycles. The Kier molecular flexibility index (Phi) is 7.42. The maximum absolute atomic E-state index is 12.1. The van der Waals surface area contributed by atoms with Crippen LogP contribution >= 0.6 is 0 Å². The lowest BCUT2D eigenvalue weighted by molar-refractivity contribution is -0.147. The number of carbonyl (C=O) groups excluding carboxylic acids is 2. The van der Waals surface area contributed by atoms with E-state index in [-0.39, 0.29) is 30.8 Å². The minimum atomic E-state index is -1.28. The van der Waals surface area contributed by atoms with E-state index in [4.69, 9.17) is 4.74 Å². The number of benzene rings is 1. The molecule has 25 heavy (non-hydrogen) atoms. The standard InChI is InChI=1S/C18H26N2O5/c1-18(2,3)19-15(21)10-11-20(4)17(24)25-14(16(22)23)12-13-8-6-5-7-9-13/h5-9,14H,10-12H2,1-4H3,(H,19,21)(H,22,23). The van der Waals surface area contributed by atoms with Crippen molar-refractivity contribution in [2.75, 3.05) is 13.6 Å². The molecule has 2 amide bonds. The summed E-state index contributed by atoms with van der Waals surface area (Å²) in [7, 11) is 1.47. The molecular formula is C18H26N2O5. The molecule has 0 spiro atoms. The maximum Gasteiger partial charge on any atom is 0.410 e. The van der Waals surface area contributed by atoms with Gasteiger partial charge in [-0.2, -0.15) is 0 Å². The molecule has 0 aliphatic carbocycles. The quantitative estimate of drug-likeness (QED) is 0.785. The van der Waals surface area contributed by atoms with Gasteiger partial charge in [0.1, 0.15) is 0 Å². The summed E-state index contributed by atoms with van der Waals surface area (Å²) in [6.45, 7) is 5.73. The van der Waals surface area contributed by atoms with E-state index >= 15 is 0 Å². The number of carbonyl (C=O) groups is 3. The highest BCUT2D eigenvalue weighted by Crippen LogP contribution is 2.08. The van der Waals surface area contributed by atoms with E-state index in [0.717, 1.165) is 5.56 Å². The number of hydrogen-bond donors (Lipinski definition) is 2. The summed E-state index contributed by atoms with van der Waals surface area (Å²) in [5.74, 6) is -1.40. The van der Waals surface area contributed by atoms with E-state index in [9.17, 15) is 19.5 Å². The van der Waals surface area contributed by atoms with Crippen molar-refractivity contribution < 1.29 is 24.2 Å². The van der Waals surface area contributed by atoms with Crippen molar-refractivity contribution >= 4 is 18.0 Å². The van der Waals surface area contributed by atoms with Crippen LogP contribution in [-0.4, -0.2) is 53.2 Å². The lowest BCUT2D eigenvalue weighted by Gasteiger charge is -2.23. The maximum atomic E-state index is 12.1. The molecule has 1 aromatic carbocycles. The lowest BCUT2D eigenvalue weighted by atomic mass is 10.1. The molecule has 0 aliphatic rings. The lowest BCUT2D eigenvalue weighted by Crippen LogP contribution is -2.42. The molecule has 0 radical (unpaired) electrons. The summed E-state index contributed by atoms with van der Waals surface area (Å²) in [6, 6.07) is 8.93. The van der Waals surface area contributed by atoms with Crippen LogP contribution in [0.5, 0.6) is 0 Å². The van der Waals surface area contributed by atoms with Crippen LogP contribution in [0, 0.1) is 0 Å². The molecule has 7 nitrogen and oxygen atoms in total. The molecule has 2 N–H and O–H groups in total. The fourth-order valence-corrected chi connectivity index (χ4v) is 2.06. The van der Waals surface area contributed by atoms with E-state index in [1.165, 1.54) is 11.9 Å². The van der Waals surface area contributed by atoms with Crippen molar-refractivity contribution in [1.82, 2.24) is 10.2 Å². The number of rotatable bonds is 7. The molecule has 1 unspecified atom stereocenters. The first kappa shape index (κ1) is 20.5. The predicted octanol–water partition coefficient (Wildman–Crippen LogP) is 2.06. The molecule has 0 bridgehead atoms. The average Bonchev–Trinajstić information content (AvgIpc) is 2.51. The smallest absolute Gasteiger partial charge is 0.410 e. The van der Waals surface area contributed by atoms with Crippen molar-refractivity contribution in [3.63, 3.8) is 0 Å². The number of nitrogens with one attached hydrogen (secondary N) is 1. The van der Waals surface area contributed by atoms with Gasteiger partial charge in [-0.1, -0.05) is 30.3 Å². The van der Waals surface area contributed by atoms with Crippen molar-refractivity contribution in [1.29, 1.82) is 0 Å². The average molecular weight is 350 g/mol. The monoisotopic (exact) mass is 350 g/mol. The number of amides is 2. The Bertz CT molecular complexity index is 595. The van der Waals surface area contributed by atoms with E-state index in [0.29, 0.717) is 0 Å².